The van der Waals surface area contributed by atoms with Gasteiger partial charge >= 0.3 is 0 Å². The molecule has 0 radical (unpaired) electrons. The van der Waals surface area contributed by atoms with Gasteiger partial charge in [-0.1, -0.05) is 20.8 Å². The van der Waals surface area contributed by atoms with Crippen LogP contribution in [0.4, 0.5) is 5.95 Å². The van der Waals surface area contributed by atoms with Gasteiger partial charge in [-0.25, -0.2) is 13.1 Å². The van der Waals surface area contributed by atoms with Gasteiger partial charge < -0.3 is 9.42 Å². The molecule has 0 amide bonds. The maximum atomic E-state index is 12.2. The van der Waals surface area contributed by atoms with Crippen molar-refractivity contribution in [2.75, 3.05) is 18.0 Å². The Balaban J connectivity index is 2.08. The lowest BCUT2D eigenvalue weighted by Gasteiger charge is -2.16. The Morgan fingerprint density at radius 3 is 2.57 bits per heavy atom. The molecule has 7 nitrogen and oxygen atoms in total. The number of hydrogen-bond donors (Lipinski definition) is 1. The predicted octanol–water partition coefficient (Wildman–Crippen LogP) is 1.27. The summed E-state index contributed by atoms with van der Waals surface area (Å²) < 4.78 is 32.3. The molecule has 0 spiro atoms. The first-order valence-electron chi connectivity index (χ1n) is 7.20. The Labute approximate surface area is 126 Å². The molecule has 0 aliphatic carbocycles. The Morgan fingerprint density at radius 1 is 1.38 bits per heavy atom. The predicted molar refractivity (Wildman–Crippen MR) is 80.8 cm³/mol. The molecule has 1 aromatic heterocycles. The highest BCUT2D eigenvalue weighted by Gasteiger charge is 2.35. The Kier molecular flexibility index (Phi) is 4.30. The smallest absolute Gasteiger partial charge is 0.266 e. The molecule has 8 heteroatoms. The van der Waals surface area contributed by atoms with Crippen LogP contribution < -0.4 is 9.62 Å². The van der Waals surface area contributed by atoms with Crippen LogP contribution in [0.2, 0.25) is 0 Å². The standard InChI is InChI=1S/C13H24N4O3S/c1-9(2)16-21(18,19)10-6-7-17(8-10)12-14-11(20-15-12)13(3,4)5/h9-10,16H,6-8H2,1-5H3. The monoisotopic (exact) mass is 316 g/mol. The van der Waals surface area contributed by atoms with E-state index < -0.39 is 15.3 Å². The van der Waals surface area contributed by atoms with Crippen LogP contribution in [0.3, 0.4) is 0 Å². The van der Waals surface area contributed by atoms with Gasteiger partial charge in [0.15, 0.2) is 0 Å². The van der Waals surface area contributed by atoms with Gasteiger partial charge in [-0.15, -0.1) is 0 Å². The first kappa shape index (κ1) is 16.2. The van der Waals surface area contributed by atoms with Crippen molar-refractivity contribution in [2.24, 2.45) is 0 Å². The normalized spacial score (nSPS) is 20.5. The SMILES string of the molecule is CC(C)NS(=O)(=O)C1CCN(c2noc(C(C)(C)C)n2)C1. The number of nitrogens with one attached hydrogen (secondary N) is 1. The Morgan fingerprint density at radius 2 is 2.05 bits per heavy atom. The van der Waals surface area contributed by atoms with Crippen molar-refractivity contribution in [1.29, 1.82) is 0 Å². The van der Waals surface area contributed by atoms with Crippen molar-refractivity contribution in [3.05, 3.63) is 5.89 Å². The number of rotatable bonds is 4. The molecular formula is C13H24N4O3S. The summed E-state index contributed by atoms with van der Waals surface area (Å²) in [6.45, 7) is 10.6. The zero-order chi connectivity index (χ0) is 15.8. The molecule has 1 saturated heterocycles. The van der Waals surface area contributed by atoms with E-state index in [-0.39, 0.29) is 11.5 Å². The average Bonchev–Trinajstić information content (AvgIpc) is 2.95. The minimum atomic E-state index is -3.30. The van der Waals surface area contributed by atoms with E-state index in [4.69, 9.17) is 4.52 Å². The van der Waals surface area contributed by atoms with Gasteiger partial charge in [0.05, 0.1) is 5.25 Å². The van der Waals surface area contributed by atoms with Crippen LogP contribution in [0.1, 0.15) is 46.9 Å². The lowest BCUT2D eigenvalue weighted by molar-refractivity contribution is 0.320. The molecule has 21 heavy (non-hydrogen) atoms. The van der Waals surface area contributed by atoms with Crippen LogP contribution in [0, 0.1) is 0 Å². The summed E-state index contributed by atoms with van der Waals surface area (Å²) in [5.41, 5.74) is -0.213. The highest BCUT2D eigenvalue weighted by molar-refractivity contribution is 7.90. The summed E-state index contributed by atoms with van der Waals surface area (Å²) in [6, 6.07) is -0.0956. The maximum absolute atomic E-state index is 12.2. The van der Waals surface area contributed by atoms with Crippen molar-refractivity contribution < 1.29 is 12.9 Å². The quantitative estimate of drug-likeness (QED) is 0.900. The number of sulfonamides is 1. The molecule has 0 aromatic carbocycles. The molecule has 2 rings (SSSR count). The molecule has 1 fully saturated rings. The van der Waals surface area contributed by atoms with Crippen molar-refractivity contribution in [2.45, 2.75) is 57.7 Å². The second-order valence-electron chi connectivity index (χ2n) is 6.82. The number of anilines is 1. The summed E-state index contributed by atoms with van der Waals surface area (Å²) in [6.07, 6.45) is 0.571. The number of hydrogen-bond acceptors (Lipinski definition) is 6. The molecule has 1 aliphatic heterocycles. The van der Waals surface area contributed by atoms with E-state index in [1.54, 1.807) is 0 Å². The van der Waals surface area contributed by atoms with Crippen LogP contribution in [0.25, 0.3) is 0 Å². The molecule has 1 atom stereocenters. The van der Waals surface area contributed by atoms with Gasteiger partial charge in [-0.3, -0.25) is 0 Å². The third-order valence-electron chi connectivity index (χ3n) is 3.32. The van der Waals surface area contributed by atoms with Gasteiger partial charge in [0.2, 0.25) is 15.9 Å². The lowest BCUT2D eigenvalue weighted by Crippen LogP contribution is -2.39. The topological polar surface area (TPSA) is 88.3 Å². The molecule has 120 valence electrons. The number of aromatic nitrogens is 2. The highest BCUT2D eigenvalue weighted by Crippen LogP contribution is 2.25. The minimum absolute atomic E-state index is 0.0956. The third kappa shape index (κ3) is 3.74. The van der Waals surface area contributed by atoms with Crippen LogP contribution in [-0.4, -0.2) is 42.9 Å². The van der Waals surface area contributed by atoms with Crippen molar-refractivity contribution in [1.82, 2.24) is 14.9 Å². The molecule has 0 bridgehead atoms. The first-order valence-corrected chi connectivity index (χ1v) is 8.74. The van der Waals surface area contributed by atoms with Gasteiger partial charge in [0, 0.05) is 24.5 Å². The van der Waals surface area contributed by atoms with E-state index in [1.807, 2.05) is 39.5 Å². The molecular weight excluding hydrogens is 292 g/mol. The van der Waals surface area contributed by atoms with Crippen LogP contribution in [-0.2, 0) is 15.4 Å². The summed E-state index contributed by atoms with van der Waals surface area (Å²) in [5, 5.41) is 3.53. The molecule has 2 heterocycles. The van der Waals surface area contributed by atoms with Crippen LogP contribution in [0.15, 0.2) is 4.52 Å². The second-order valence-corrected chi connectivity index (χ2v) is 8.82. The summed E-state index contributed by atoms with van der Waals surface area (Å²) >= 11 is 0. The van der Waals surface area contributed by atoms with Crippen LogP contribution in [0.5, 0.6) is 0 Å². The maximum Gasteiger partial charge on any atom is 0.266 e. The molecule has 1 aliphatic rings. The fourth-order valence-electron chi connectivity index (χ4n) is 2.24. The molecule has 1 N–H and O–H groups in total. The van der Waals surface area contributed by atoms with Gasteiger partial charge in [0.25, 0.3) is 5.95 Å². The third-order valence-corrected chi connectivity index (χ3v) is 5.39. The van der Waals surface area contributed by atoms with Crippen molar-refractivity contribution in [3.63, 3.8) is 0 Å². The first-order chi connectivity index (χ1) is 9.59. The van der Waals surface area contributed by atoms with Crippen LogP contribution >= 0.6 is 0 Å². The van der Waals surface area contributed by atoms with Crippen molar-refractivity contribution in [3.8, 4) is 0 Å². The largest absolute Gasteiger partial charge is 0.337 e. The van der Waals surface area contributed by atoms with Gasteiger partial charge in [-0.2, -0.15) is 4.98 Å². The van der Waals surface area contributed by atoms with Gasteiger partial charge in [0.1, 0.15) is 0 Å². The lowest BCUT2D eigenvalue weighted by atomic mass is 9.97. The zero-order valence-electron chi connectivity index (χ0n) is 13.3. The molecule has 1 unspecified atom stereocenters. The number of nitrogens with zero attached hydrogens (tertiary/aromatic N) is 3. The second kappa shape index (κ2) is 5.57. The highest BCUT2D eigenvalue weighted by atomic mass is 32.2. The fourth-order valence-corrected chi connectivity index (χ4v) is 3.88. The summed E-state index contributed by atoms with van der Waals surface area (Å²) in [4.78, 5) is 6.24. The van der Waals surface area contributed by atoms with Gasteiger partial charge in [-0.05, 0) is 25.4 Å². The average molecular weight is 316 g/mol. The molecule has 1 aromatic rings. The molecule has 0 saturated carbocycles. The fraction of sp³-hybridized carbons (Fsp3) is 0.846. The van der Waals surface area contributed by atoms with E-state index in [2.05, 4.69) is 14.9 Å². The van der Waals surface area contributed by atoms with E-state index in [9.17, 15) is 8.42 Å². The zero-order valence-corrected chi connectivity index (χ0v) is 14.1. The summed E-state index contributed by atoms with van der Waals surface area (Å²) in [7, 11) is -3.30. The van der Waals surface area contributed by atoms with E-state index in [0.29, 0.717) is 31.3 Å². The van der Waals surface area contributed by atoms with E-state index in [1.165, 1.54) is 0 Å². The summed E-state index contributed by atoms with van der Waals surface area (Å²) in [5.74, 6) is 1.03. The Hall–Kier alpha value is -1.15. The minimum Gasteiger partial charge on any atom is -0.337 e. The van der Waals surface area contributed by atoms with Crippen molar-refractivity contribution >= 4 is 16.0 Å². The van der Waals surface area contributed by atoms with E-state index >= 15 is 0 Å². The Bertz CT molecular complexity index is 589. The van der Waals surface area contributed by atoms with E-state index in [0.717, 1.165) is 0 Å².